The number of hydrogen-bond acceptors (Lipinski definition) is 3. The number of hydrogen-bond donors (Lipinski definition) is 1. The van der Waals surface area contributed by atoms with Gasteiger partial charge in [0.25, 0.3) is 0 Å². The van der Waals surface area contributed by atoms with E-state index in [1.807, 2.05) is 31.2 Å². The normalized spacial score (nSPS) is 17.8. The molecule has 2 rings (SSSR count). The molecule has 1 aromatic rings. The van der Waals surface area contributed by atoms with Crippen molar-refractivity contribution in [2.24, 2.45) is 11.7 Å². The molecule has 0 radical (unpaired) electrons. The van der Waals surface area contributed by atoms with Gasteiger partial charge in [0.05, 0.1) is 7.11 Å². The lowest BCUT2D eigenvalue weighted by atomic mass is 9.76. The summed E-state index contributed by atoms with van der Waals surface area (Å²) in [5.74, 6) is 0.570. The van der Waals surface area contributed by atoms with Crippen LogP contribution in [0.1, 0.15) is 36.8 Å². The van der Waals surface area contributed by atoms with E-state index in [4.69, 9.17) is 10.5 Å². The van der Waals surface area contributed by atoms with Crippen molar-refractivity contribution in [2.75, 3.05) is 13.7 Å². The fourth-order valence-corrected chi connectivity index (χ4v) is 2.59. The minimum absolute atomic E-state index is 0.209. The van der Waals surface area contributed by atoms with Crippen LogP contribution in [0.5, 0.6) is 0 Å². The number of nitrogens with two attached hydrogens (primary N) is 1. The third-order valence-electron chi connectivity index (χ3n) is 4.21. The molecule has 1 aliphatic rings. The topological polar surface area (TPSA) is 52.3 Å². The van der Waals surface area contributed by atoms with Crippen molar-refractivity contribution in [1.82, 2.24) is 0 Å². The van der Waals surface area contributed by atoms with Crippen molar-refractivity contribution in [1.29, 1.82) is 0 Å². The quantitative estimate of drug-likeness (QED) is 0.801. The molecule has 0 heterocycles. The lowest BCUT2D eigenvalue weighted by Crippen LogP contribution is -2.44. The number of ether oxygens (including phenoxy) is 1. The molecule has 1 aromatic carbocycles. The molecule has 3 nitrogen and oxygen atoms in total. The maximum atomic E-state index is 12.3. The Hall–Kier alpha value is -1.35. The molecular formula is C16H23NO2. The lowest BCUT2D eigenvalue weighted by molar-refractivity contribution is -0.147. The van der Waals surface area contributed by atoms with Gasteiger partial charge in [-0.15, -0.1) is 0 Å². The van der Waals surface area contributed by atoms with Crippen LogP contribution in [0.25, 0.3) is 0 Å². The van der Waals surface area contributed by atoms with Crippen molar-refractivity contribution in [3.05, 3.63) is 35.4 Å². The lowest BCUT2D eigenvalue weighted by Gasteiger charge is -2.30. The average Bonchev–Trinajstić information content (AvgIpc) is 3.25. The van der Waals surface area contributed by atoms with Gasteiger partial charge in [-0.1, -0.05) is 42.7 Å². The van der Waals surface area contributed by atoms with E-state index < -0.39 is 5.41 Å². The second-order valence-electron chi connectivity index (χ2n) is 5.63. The van der Waals surface area contributed by atoms with Gasteiger partial charge < -0.3 is 10.5 Å². The number of esters is 1. The summed E-state index contributed by atoms with van der Waals surface area (Å²) in [7, 11) is 1.44. The van der Waals surface area contributed by atoms with Crippen LogP contribution in [-0.4, -0.2) is 19.6 Å². The second-order valence-corrected chi connectivity index (χ2v) is 5.63. The van der Waals surface area contributed by atoms with E-state index >= 15 is 0 Å². The summed E-state index contributed by atoms with van der Waals surface area (Å²) in [6.07, 6.45) is 4.41. The third kappa shape index (κ3) is 2.98. The standard InChI is InChI=1S/C16H23NO2/c1-12-3-7-14(8-4-12)16(11-17,15(18)19-2)10-9-13-5-6-13/h3-4,7-8,13H,5-6,9-11,17H2,1-2H3. The van der Waals surface area contributed by atoms with Crippen molar-refractivity contribution in [2.45, 2.75) is 38.0 Å². The predicted molar refractivity (Wildman–Crippen MR) is 75.9 cm³/mol. The number of carbonyl (C=O) groups excluding carboxylic acids is 1. The molecule has 2 N–H and O–H groups in total. The Morgan fingerprint density at radius 3 is 2.47 bits per heavy atom. The fraction of sp³-hybridized carbons (Fsp3) is 0.562. The first-order chi connectivity index (χ1) is 9.12. The Balaban J connectivity index is 2.29. The molecule has 0 aromatic heterocycles. The third-order valence-corrected chi connectivity index (χ3v) is 4.21. The molecule has 1 fully saturated rings. The maximum absolute atomic E-state index is 12.3. The first-order valence-electron chi connectivity index (χ1n) is 6.98. The van der Waals surface area contributed by atoms with Crippen molar-refractivity contribution >= 4 is 5.97 Å². The first-order valence-corrected chi connectivity index (χ1v) is 6.98. The van der Waals surface area contributed by atoms with Crippen LogP contribution in [0.4, 0.5) is 0 Å². The minimum atomic E-state index is -0.676. The minimum Gasteiger partial charge on any atom is -0.468 e. The molecule has 0 saturated heterocycles. The van der Waals surface area contributed by atoms with Crippen LogP contribution in [0.2, 0.25) is 0 Å². The highest BCUT2D eigenvalue weighted by molar-refractivity contribution is 5.83. The van der Waals surface area contributed by atoms with Crippen LogP contribution in [0.15, 0.2) is 24.3 Å². The molecular weight excluding hydrogens is 238 g/mol. The summed E-state index contributed by atoms with van der Waals surface area (Å²) in [6, 6.07) is 8.07. The molecule has 0 aliphatic heterocycles. The number of carbonyl (C=O) groups is 1. The number of benzene rings is 1. The van der Waals surface area contributed by atoms with Gasteiger partial charge in [0.2, 0.25) is 0 Å². The van der Waals surface area contributed by atoms with Crippen LogP contribution in [-0.2, 0) is 14.9 Å². The molecule has 1 unspecified atom stereocenters. The van der Waals surface area contributed by atoms with E-state index in [0.29, 0.717) is 6.54 Å². The van der Waals surface area contributed by atoms with Crippen molar-refractivity contribution in [3.63, 3.8) is 0 Å². The van der Waals surface area contributed by atoms with Gasteiger partial charge in [-0.05, 0) is 31.2 Å². The summed E-state index contributed by atoms with van der Waals surface area (Å²) in [6.45, 7) is 2.34. The second kappa shape index (κ2) is 5.74. The van der Waals surface area contributed by atoms with Gasteiger partial charge in [-0.2, -0.15) is 0 Å². The van der Waals surface area contributed by atoms with Crippen molar-refractivity contribution < 1.29 is 9.53 Å². The van der Waals surface area contributed by atoms with E-state index in [9.17, 15) is 4.79 Å². The Bertz CT molecular complexity index is 437. The van der Waals surface area contributed by atoms with Gasteiger partial charge in [0.15, 0.2) is 0 Å². The van der Waals surface area contributed by atoms with Crippen LogP contribution < -0.4 is 5.73 Å². The average molecular weight is 261 g/mol. The largest absolute Gasteiger partial charge is 0.468 e. The molecule has 0 amide bonds. The zero-order valence-corrected chi connectivity index (χ0v) is 11.8. The molecule has 1 saturated carbocycles. The summed E-state index contributed by atoms with van der Waals surface area (Å²) in [4.78, 5) is 12.3. The smallest absolute Gasteiger partial charge is 0.317 e. The molecule has 0 spiro atoms. The summed E-state index contributed by atoms with van der Waals surface area (Å²) < 4.78 is 5.03. The van der Waals surface area contributed by atoms with Crippen molar-refractivity contribution in [3.8, 4) is 0 Å². The summed E-state index contributed by atoms with van der Waals surface area (Å²) in [5.41, 5.74) is 7.45. The SMILES string of the molecule is COC(=O)C(CN)(CCC1CC1)c1ccc(C)cc1. The highest BCUT2D eigenvalue weighted by atomic mass is 16.5. The molecule has 1 atom stereocenters. The zero-order valence-electron chi connectivity index (χ0n) is 11.8. The molecule has 1 aliphatic carbocycles. The zero-order chi connectivity index (χ0) is 13.9. The summed E-state index contributed by atoms with van der Waals surface area (Å²) >= 11 is 0. The monoisotopic (exact) mass is 261 g/mol. The van der Waals surface area contributed by atoms with E-state index in [0.717, 1.165) is 24.3 Å². The van der Waals surface area contributed by atoms with Crippen LogP contribution in [0, 0.1) is 12.8 Å². The highest BCUT2D eigenvalue weighted by Gasteiger charge is 2.41. The number of aryl methyl sites for hydroxylation is 1. The fourth-order valence-electron chi connectivity index (χ4n) is 2.59. The molecule has 0 bridgehead atoms. The predicted octanol–water partition coefficient (Wildman–Crippen LogP) is 2.55. The first kappa shape index (κ1) is 14.1. The number of rotatable bonds is 6. The maximum Gasteiger partial charge on any atom is 0.317 e. The number of methoxy groups -OCH3 is 1. The van der Waals surface area contributed by atoms with Gasteiger partial charge in [0.1, 0.15) is 5.41 Å². The van der Waals surface area contributed by atoms with E-state index in [1.54, 1.807) is 0 Å². The van der Waals surface area contributed by atoms with Gasteiger partial charge in [-0.25, -0.2) is 0 Å². The van der Waals surface area contributed by atoms with E-state index in [-0.39, 0.29) is 5.97 Å². The Kier molecular flexibility index (Phi) is 4.25. The van der Waals surface area contributed by atoms with Gasteiger partial charge >= 0.3 is 5.97 Å². The summed E-state index contributed by atoms with van der Waals surface area (Å²) in [5, 5.41) is 0. The molecule has 104 valence electrons. The van der Waals surface area contributed by atoms with Crippen LogP contribution in [0.3, 0.4) is 0 Å². The Morgan fingerprint density at radius 1 is 1.37 bits per heavy atom. The van der Waals surface area contributed by atoms with Gasteiger partial charge in [-0.3, -0.25) is 4.79 Å². The Morgan fingerprint density at radius 2 is 2.00 bits per heavy atom. The molecule has 3 heteroatoms. The Labute approximate surface area is 115 Å². The van der Waals surface area contributed by atoms with E-state index in [1.165, 1.54) is 25.5 Å². The van der Waals surface area contributed by atoms with Gasteiger partial charge in [0, 0.05) is 6.54 Å². The molecule has 19 heavy (non-hydrogen) atoms. The van der Waals surface area contributed by atoms with E-state index in [2.05, 4.69) is 0 Å². The van der Waals surface area contributed by atoms with Crippen LogP contribution >= 0.6 is 0 Å². The highest BCUT2D eigenvalue weighted by Crippen LogP contribution is 2.39.